The maximum atomic E-state index is 12.8. The van der Waals surface area contributed by atoms with Gasteiger partial charge >= 0.3 is 0 Å². The van der Waals surface area contributed by atoms with E-state index in [9.17, 15) is 4.79 Å². The molecule has 1 saturated heterocycles. The number of methoxy groups -OCH3 is 2. The fourth-order valence-corrected chi connectivity index (χ4v) is 6.57. The summed E-state index contributed by atoms with van der Waals surface area (Å²) in [6, 6.07) is 23.0. The third-order valence-electron chi connectivity index (χ3n) is 8.93. The molecule has 6 rings (SSSR count). The molecule has 3 aliphatic rings. The van der Waals surface area contributed by atoms with Crippen molar-refractivity contribution in [3.63, 3.8) is 0 Å². The minimum atomic E-state index is -0.0762. The summed E-state index contributed by atoms with van der Waals surface area (Å²) in [6.07, 6.45) is 4.64. The van der Waals surface area contributed by atoms with E-state index in [-0.39, 0.29) is 18.6 Å². The Morgan fingerprint density at radius 2 is 1.65 bits per heavy atom. The number of piperazine rings is 1. The number of hydrogen-bond donors (Lipinski definition) is 0. The molecule has 1 saturated carbocycles. The topological polar surface area (TPSA) is 76.0 Å². The van der Waals surface area contributed by atoms with Crippen LogP contribution in [0, 0.1) is 0 Å². The van der Waals surface area contributed by atoms with Gasteiger partial charge in [0, 0.05) is 48.9 Å². The number of aliphatic imine (C=N–C) groups is 1. The van der Waals surface area contributed by atoms with Crippen LogP contribution in [0.15, 0.2) is 76.9 Å². The lowest BCUT2D eigenvalue weighted by Crippen LogP contribution is -2.49. The lowest BCUT2D eigenvalue weighted by Gasteiger charge is -2.36. The van der Waals surface area contributed by atoms with E-state index in [4.69, 9.17) is 19.3 Å². The predicted octanol–water partition coefficient (Wildman–Crippen LogP) is 5.67. The molecule has 8 heteroatoms. The number of fused-ring (bicyclic) bond motifs is 3. The van der Waals surface area contributed by atoms with Crippen molar-refractivity contribution < 1.29 is 19.1 Å². The van der Waals surface area contributed by atoms with Crippen LogP contribution in [0.5, 0.6) is 11.5 Å². The van der Waals surface area contributed by atoms with E-state index >= 15 is 0 Å². The molecule has 0 radical (unpaired) electrons. The van der Waals surface area contributed by atoms with Crippen molar-refractivity contribution in [2.75, 3.05) is 51.9 Å². The zero-order chi connectivity index (χ0) is 29.8. The Hall–Kier alpha value is -4.33. The summed E-state index contributed by atoms with van der Waals surface area (Å²) in [7, 11) is 3.36. The van der Waals surface area contributed by atoms with E-state index in [0.29, 0.717) is 30.5 Å². The molecule has 0 bridgehead atoms. The lowest BCUT2D eigenvalue weighted by atomic mass is 9.75. The third-order valence-corrected chi connectivity index (χ3v) is 8.93. The summed E-state index contributed by atoms with van der Waals surface area (Å²) in [5.74, 6) is 1.81. The van der Waals surface area contributed by atoms with Crippen molar-refractivity contribution in [3.8, 4) is 11.5 Å². The van der Waals surface area contributed by atoms with Crippen LogP contribution >= 0.6 is 0 Å². The standard InChI is InChI=1S/C35H40N4O4/c1-24(37-43-23-34(40)39-18-16-38(17-19-39)27-12-5-4-6-13-27)25-10-9-11-26(20-25)35-30-22-33(42-3)32(41-2)21-29(30)28-14-7-8-15-31(28)36-35/h4-6,9-13,20-22,28,31H,7-8,14-19,23H2,1-3H3/b37-24-/t28-,31-/m1/s1. The Morgan fingerprint density at radius 3 is 2.42 bits per heavy atom. The first-order chi connectivity index (χ1) is 21.1. The number of para-hydroxylation sites is 1. The minimum absolute atomic E-state index is 0.0439. The summed E-state index contributed by atoms with van der Waals surface area (Å²) in [5, 5.41) is 4.32. The molecule has 2 heterocycles. The van der Waals surface area contributed by atoms with E-state index < -0.39 is 0 Å². The van der Waals surface area contributed by atoms with Crippen LogP contribution < -0.4 is 14.4 Å². The maximum Gasteiger partial charge on any atom is 0.263 e. The van der Waals surface area contributed by atoms with E-state index in [0.717, 1.165) is 54.1 Å². The van der Waals surface area contributed by atoms with Crippen LogP contribution in [-0.2, 0) is 9.63 Å². The monoisotopic (exact) mass is 580 g/mol. The molecule has 0 N–H and O–H groups in total. The fraction of sp³-hybridized carbons (Fsp3) is 0.400. The van der Waals surface area contributed by atoms with Gasteiger partial charge in [0.25, 0.3) is 5.91 Å². The molecule has 2 fully saturated rings. The molecular formula is C35H40N4O4. The van der Waals surface area contributed by atoms with Crippen LogP contribution in [-0.4, -0.2) is 75.3 Å². The normalized spacial score (nSPS) is 20.1. The number of ether oxygens (including phenoxy) is 2. The summed E-state index contributed by atoms with van der Waals surface area (Å²) in [6.45, 7) is 4.78. The molecular weight excluding hydrogens is 540 g/mol. The van der Waals surface area contributed by atoms with Gasteiger partial charge < -0.3 is 24.1 Å². The largest absolute Gasteiger partial charge is 0.493 e. The lowest BCUT2D eigenvalue weighted by molar-refractivity contribution is -0.136. The summed E-state index contributed by atoms with van der Waals surface area (Å²) in [4.78, 5) is 27.9. The Morgan fingerprint density at radius 1 is 0.907 bits per heavy atom. The molecule has 0 aromatic heterocycles. The summed E-state index contributed by atoms with van der Waals surface area (Å²) in [5.41, 5.74) is 7.21. The molecule has 3 aromatic rings. The fourth-order valence-electron chi connectivity index (χ4n) is 6.57. The molecule has 0 spiro atoms. The van der Waals surface area contributed by atoms with Gasteiger partial charge in [-0.3, -0.25) is 9.79 Å². The third kappa shape index (κ3) is 6.10. The Kier molecular flexibility index (Phi) is 8.63. The second-order valence-electron chi connectivity index (χ2n) is 11.5. The number of nitrogens with zero attached hydrogens (tertiary/aromatic N) is 4. The number of carbonyl (C=O) groups excluding carboxylic acids is 1. The number of hydrogen-bond acceptors (Lipinski definition) is 7. The van der Waals surface area contributed by atoms with Gasteiger partial charge in [0.2, 0.25) is 0 Å². The summed E-state index contributed by atoms with van der Waals surface area (Å²) >= 11 is 0. The van der Waals surface area contributed by atoms with Crippen molar-refractivity contribution in [3.05, 3.63) is 89.0 Å². The zero-order valence-corrected chi connectivity index (χ0v) is 25.3. The quantitative estimate of drug-likeness (QED) is 0.254. The number of benzene rings is 3. The van der Waals surface area contributed by atoms with Crippen molar-refractivity contribution >= 4 is 23.0 Å². The van der Waals surface area contributed by atoms with Crippen LogP contribution in [0.2, 0.25) is 0 Å². The maximum absolute atomic E-state index is 12.8. The van der Waals surface area contributed by atoms with E-state index in [1.54, 1.807) is 14.2 Å². The van der Waals surface area contributed by atoms with Crippen molar-refractivity contribution in [1.29, 1.82) is 0 Å². The summed E-state index contributed by atoms with van der Waals surface area (Å²) < 4.78 is 11.3. The van der Waals surface area contributed by atoms with Gasteiger partial charge in [-0.1, -0.05) is 54.4 Å². The van der Waals surface area contributed by atoms with Gasteiger partial charge in [-0.2, -0.15) is 0 Å². The van der Waals surface area contributed by atoms with Gasteiger partial charge in [0.15, 0.2) is 18.1 Å². The number of rotatable bonds is 8. The van der Waals surface area contributed by atoms with Crippen LogP contribution in [0.25, 0.3) is 0 Å². The van der Waals surface area contributed by atoms with Crippen LogP contribution in [0.3, 0.4) is 0 Å². The first kappa shape index (κ1) is 28.8. The first-order valence-corrected chi connectivity index (χ1v) is 15.2. The van der Waals surface area contributed by atoms with E-state index in [1.807, 2.05) is 42.2 Å². The van der Waals surface area contributed by atoms with Crippen molar-refractivity contribution in [2.45, 2.75) is 44.6 Å². The van der Waals surface area contributed by atoms with E-state index in [1.165, 1.54) is 24.1 Å². The second kappa shape index (κ2) is 12.9. The molecule has 3 aromatic carbocycles. The number of amides is 1. The van der Waals surface area contributed by atoms with Gasteiger partial charge in [-0.05, 0) is 61.2 Å². The highest BCUT2D eigenvalue weighted by atomic mass is 16.6. The highest BCUT2D eigenvalue weighted by Crippen LogP contribution is 2.44. The van der Waals surface area contributed by atoms with Gasteiger partial charge in [-0.25, -0.2) is 0 Å². The van der Waals surface area contributed by atoms with Crippen molar-refractivity contribution in [2.24, 2.45) is 10.1 Å². The minimum Gasteiger partial charge on any atom is -0.493 e. The predicted molar refractivity (Wildman–Crippen MR) is 170 cm³/mol. The highest BCUT2D eigenvalue weighted by molar-refractivity contribution is 6.16. The molecule has 8 nitrogen and oxygen atoms in total. The van der Waals surface area contributed by atoms with Crippen LogP contribution in [0.1, 0.15) is 60.8 Å². The number of anilines is 1. The second-order valence-corrected chi connectivity index (χ2v) is 11.5. The smallest absolute Gasteiger partial charge is 0.263 e. The van der Waals surface area contributed by atoms with Gasteiger partial charge in [-0.15, -0.1) is 0 Å². The Labute approximate surface area is 253 Å². The average molecular weight is 581 g/mol. The van der Waals surface area contributed by atoms with Crippen LogP contribution in [0.4, 0.5) is 5.69 Å². The average Bonchev–Trinajstić information content (AvgIpc) is 3.07. The molecule has 224 valence electrons. The first-order valence-electron chi connectivity index (χ1n) is 15.2. The van der Waals surface area contributed by atoms with Crippen molar-refractivity contribution in [1.82, 2.24) is 4.90 Å². The molecule has 1 aliphatic carbocycles. The molecule has 43 heavy (non-hydrogen) atoms. The van der Waals surface area contributed by atoms with E-state index in [2.05, 4.69) is 46.5 Å². The Balaban J connectivity index is 1.15. The molecule has 1 amide bonds. The van der Waals surface area contributed by atoms with Gasteiger partial charge in [0.1, 0.15) is 0 Å². The number of carbonyl (C=O) groups is 1. The molecule has 2 aliphatic heterocycles. The molecule has 0 unspecified atom stereocenters. The zero-order valence-electron chi connectivity index (χ0n) is 25.3. The van der Waals surface area contributed by atoms with Gasteiger partial charge in [0.05, 0.1) is 31.7 Å². The number of oxime groups is 1. The SMILES string of the molecule is COc1cc2c(cc1OC)[C@H]1CCCC[C@H]1N=C2c1cccc(/C(C)=N\OCC(=O)N2CCN(c3ccccc3)CC2)c1. The highest BCUT2D eigenvalue weighted by Gasteiger charge is 2.34. The Bertz CT molecular complexity index is 1510. The molecule has 2 atom stereocenters.